The molecule has 2 amide bonds. The number of hydrogen-bond donors (Lipinski definition) is 2. The largest absolute Gasteiger partial charge is 0.466 e. The number of furan rings is 1. The molecule has 0 aliphatic heterocycles. The van der Waals surface area contributed by atoms with Crippen LogP contribution in [0.1, 0.15) is 46.1 Å². The highest BCUT2D eigenvalue weighted by atomic mass is 16.3. The first-order chi connectivity index (χ1) is 10.9. The Bertz CT molecular complexity index is 717. The van der Waals surface area contributed by atoms with E-state index in [2.05, 4.69) is 10.6 Å². The molecule has 1 aromatic carbocycles. The molecule has 0 saturated heterocycles. The zero-order valence-electron chi connectivity index (χ0n) is 13.9. The monoisotopic (exact) mass is 314 g/mol. The maximum Gasteiger partial charge on any atom is 0.259 e. The minimum absolute atomic E-state index is 0.199. The third kappa shape index (κ3) is 4.22. The Morgan fingerprint density at radius 1 is 1.09 bits per heavy atom. The first kappa shape index (κ1) is 16.8. The van der Waals surface area contributed by atoms with E-state index in [1.54, 1.807) is 44.2 Å². The second kappa shape index (κ2) is 7.13. The van der Waals surface area contributed by atoms with Crippen molar-refractivity contribution in [2.24, 2.45) is 5.92 Å². The van der Waals surface area contributed by atoms with Gasteiger partial charge in [-0.2, -0.15) is 0 Å². The molecule has 0 unspecified atom stereocenters. The van der Waals surface area contributed by atoms with Gasteiger partial charge in [-0.05, 0) is 38.0 Å². The van der Waals surface area contributed by atoms with E-state index >= 15 is 0 Å². The van der Waals surface area contributed by atoms with Crippen molar-refractivity contribution in [1.29, 1.82) is 0 Å². The standard InChI is InChI=1S/C18H22N2O3/c1-11(2)10-19-17(21)14-7-5-6-8-16(14)20-18(22)15-9-12(3)23-13(15)4/h5-9,11H,10H2,1-4H3,(H,19,21)(H,20,22). The molecule has 0 radical (unpaired) electrons. The molecule has 2 aromatic rings. The summed E-state index contributed by atoms with van der Waals surface area (Å²) in [5.74, 6) is 1.10. The minimum Gasteiger partial charge on any atom is -0.466 e. The fraction of sp³-hybridized carbons (Fsp3) is 0.333. The van der Waals surface area contributed by atoms with Crippen molar-refractivity contribution in [1.82, 2.24) is 5.32 Å². The lowest BCUT2D eigenvalue weighted by Crippen LogP contribution is -2.28. The predicted molar refractivity (Wildman–Crippen MR) is 89.7 cm³/mol. The number of para-hydroxylation sites is 1. The van der Waals surface area contributed by atoms with Crippen LogP contribution in [-0.2, 0) is 0 Å². The number of hydrogen-bond acceptors (Lipinski definition) is 3. The third-order valence-corrected chi connectivity index (χ3v) is 3.38. The van der Waals surface area contributed by atoms with Crippen molar-refractivity contribution in [2.75, 3.05) is 11.9 Å². The molecule has 23 heavy (non-hydrogen) atoms. The topological polar surface area (TPSA) is 71.3 Å². The van der Waals surface area contributed by atoms with Crippen LogP contribution >= 0.6 is 0 Å². The lowest BCUT2D eigenvalue weighted by atomic mass is 10.1. The first-order valence-corrected chi connectivity index (χ1v) is 7.64. The van der Waals surface area contributed by atoms with Crippen molar-refractivity contribution >= 4 is 17.5 Å². The minimum atomic E-state index is -0.288. The van der Waals surface area contributed by atoms with Crippen LogP contribution in [0.5, 0.6) is 0 Å². The Hall–Kier alpha value is -2.56. The number of nitrogens with one attached hydrogen (secondary N) is 2. The third-order valence-electron chi connectivity index (χ3n) is 3.38. The van der Waals surface area contributed by atoms with E-state index in [1.807, 2.05) is 13.8 Å². The Kier molecular flexibility index (Phi) is 5.21. The summed E-state index contributed by atoms with van der Waals surface area (Å²) >= 11 is 0. The van der Waals surface area contributed by atoms with Crippen molar-refractivity contribution in [3.8, 4) is 0 Å². The second-order valence-corrected chi connectivity index (χ2v) is 5.93. The lowest BCUT2D eigenvalue weighted by Gasteiger charge is -2.12. The Morgan fingerprint density at radius 3 is 2.39 bits per heavy atom. The molecule has 5 nitrogen and oxygen atoms in total. The van der Waals surface area contributed by atoms with E-state index in [4.69, 9.17) is 4.42 Å². The van der Waals surface area contributed by atoms with Gasteiger partial charge in [-0.15, -0.1) is 0 Å². The Balaban J connectivity index is 2.18. The average molecular weight is 314 g/mol. The second-order valence-electron chi connectivity index (χ2n) is 5.93. The predicted octanol–water partition coefficient (Wildman–Crippen LogP) is 3.53. The molecule has 0 spiro atoms. The summed E-state index contributed by atoms with van der Waals surface area (Å²) in [6.07, 6.45) is 0. The van der Waals surface area contributed by atoms with Crippen molar-refractivity contribution < 1.29 is 14.0 Å². The highest BCUT2D eigenvalue weighted by Crippen LogP contribution is 2.19. The SMILES string of the molecule is Cc1cc(C(=O)Nc2ccccc2C(=O)NCC(C)C)c(C)o1. The van der Waals surface area contributed by atoms with Gasteiger partial charge >= 0.3 is 0 Å². The van der Waals surface area contributed by atoms with Crippen LogP contribution in [-0.4, -0.2) is 18.4 Å². The van der Waals surface area contributed by atoms with Crippen LogP contribution in [0, 0.1) is 19.8 Å². The fourth-order valence-electron chi connectivity index (χ4n) is 2.23. The number of benzene rings is 1. The molecule has 2 N–H and O–H groups in total. The zero-order chi connectivity index (χ0) is 17.0. The number of aryl methyl sites for hydroxylation is 2. The van der Waals surface area contributed by atoms with E-state index in [-0.39, 0.29) is 11.8 Å². The zero-order valence-corrected chi connectivity index (χ0v) is 13.9. The molecule has 0 fully saturated rings. The van der Waals surface area contributed by atoms with Crippen molar-refractivity contribution in [2.45, 2.75) is 27.7 Å². The maximum absolute atomic E-state index is 12.4. The van der Waals surface area contributed by atoms with Gasteiger partial charge in [-0.1, -0.05) is 26.0 Å². The van der Waals surface area contributed by atoms with Gasteiger partial charge in [0.25, 0.3) is 11.8 Å². The Labute approximate surface area is 136 Å². The highest BCUT2D eigenvalue weighted by molar-refractivity contribution is 6.09. The van der Waals surface area contributed by atoms with E-state index in [0.29, 0.717) is 40.8 Å². The van der Waals surface area contributed by atoms with Crippen LogP contribution in [0.15, 0.2) is 34.7 Å². The molecule has 5 heteroatoms. The smallest absolute Gasteiger partial charge is 0.259 e. The van der Waals surface area contributed by atoms with Crippen LogP contribution in [0.3, 0.4) is 0 Å². The van der Waals surface area contributed by atoms with Crippen molar-refractivity contribution in [3.05, 3.63) is 53.0 Å². The van der Waals surface area contributed by atoms with Crippen LogP contribution in [0.4, 0.5) is 5.69 Å². The molecule has 0 aliphatic carbocycles. The fourth-order valence-corrected chi connectivity index (χ4v) is 2.23. The average Bonchev–Trinajstić information content (AvgIpc) is 2.84. The molecule has 0 atom stereocenters. The molecule has 0 aliphatic rings. The van der Waals surface area contributed by atoms with E-state index in [0.717, 1.165) is 0 Å². The van der Waals surface area contributed by atoms with Gasteiger partial charge in [0.05, 0.1) is 16.8 Å². The van der Waals surface area contributed by atoms with Crippen molar-refractivity contribution in [3.63, 3.8) is 0 Å². The molecule has 1 heterocycles. The molecular weight excluding hydrogens is 292 g/mol. The molecule has 0 bridgehead atoms. The number of carbonyl (C=O) groups is 2. The quantitative estimate of drug-likeness (QED) is 0.887. The number of carbonyl (C=O) groups excluding carboxylic acids is 2. The Morgan fingerprint density at radius 2 is 1.78 bits per heavy atom. The molecular formula is C18H22N2O3. The van der Waals surface area contributed by atoms with Gasteiger partial charge in [0, 0.05) is 6.54 Å². The van der Waals surface area contributed by atoms with Gasteiger partial charge in [0.15, 0.2) is 0 Å². The van der Waals surface area contributed by atoms with Gasteiger partial charge < -0.3 is 15.1 Å². The number of anilines is 1. The summed E-state index contributed by atoms with van der Waals surface area (Å²) in [6, 6.07) is 8.64. The number of rotatable bonds is 5. The maximum atomic E-state index is 12.4. The van der Waals surface area contributed by atoms with Gasteiger partial charge in [-0.3, -0.25) is 9.59 Å². The first-order valence-electron chi connectivity index (χ1n) is 7.64. The summed E-state index contributed by atoms with van der Waals surface area (Å²) in [5.41, 5.74) is 1.40. The van der Waals surface area contributed by atoms with Gasteiger partial charge in [-0.25, -0.2) is 0 Å². The van der Waals surface area contributed by atoms with Gasteiger partial charge in [0.2, 0.25) is 0 Å². The highest BCUT2D eigenvalue weighted by Gasteiger charge is 2.17. The van der Waals surface area contributed by atoms with Crippen LogP contribution < -0.4 is 10.6 Å². The molecule has 122 valence electrons. The summed E-state index contributed by atoms with van der Waals surface area (Å²) < 4.78 is 5.38. The summed E-state index contributed by atoms with van der Waals surface area (Å²) in [5, 5.41) is 5.65. The van der Waals surface area contributed by atoms with Crippen LogP contribution in [0.2, 0.25) is 0 Å². The van der Waals surface area contributed by atoms with E-state index in [1.165, 1.54) is 0 Å². The molecule has 0 saturated carbocycles. The van der Waals surface area contributed by atoms with E-state index in [9.17, 15) is 9.59 Å². The van der Waals surface area contributed by atoms with E-state index < -0.39 is 0 Å². The molecule has 2 rings (SSSR count). The summed E-state index contributed by atoms with van der Waals surface area (Å²) in [4.78, 5) is 24.7. The van der Waals surface area contributed by atoms with Gasteiger partial charge in [0.1, 0.15) is 11.5 Å². The number of amides is 2. The molecule has 1 aromatic heterocycles. The lowest BCUT2D eigenvalue weighted by molar-refractivity contribution is 0.0950. The summed E-state index contributed by atoms with van der Waals surface area (Å²) in [6.45, 7) is 8.16. The summed E-state index contributed by atoms with van der Waals surface area (Å²) in [7, 11) is 0. The normalized spacial score (nSPS) is 10.7. The van der Waals surface area contributed by atoms with Crippen LogP contribution in [0.25, 0.3) is 0 Å².